The minimum atomic E-state index is -0.836. The molecular formula is C53H95NO3. The van der Waals surface area contributed by atoms with Crippen LogP contribution in [0.4, 0.5) is 0 Å². The van der Waals surface area contributed by atoms with Gasteiger partial charge in [0.05, 0.1) is 18.8 Å². The third-order valence-corrected chi connectivity index (χ3v) is 10.9. The van der Waals surface area contributed by atoms with E-state index in [-0.39, 0.29) is 12.5 Å². The van der Waals surface area contributed by atoms with Crippen molar-refractivity contribution in [3.05, 3.63) is 72.9 Å². The summed E-state index contributed by atoms with van der Waals surface area (Å²) in [5.74, 6) is -0.0667. The molecule has 0 aliphatic heterocycles. The number of aliphatic hydroxyl groups excluding tert-OH is 2. The molecule has 330 valence electrons. The first-order chi connectivity index (χ1) is 28.2. The van der Waals surface area contributed by atoms with Crippen LogP contribution in [-0.2, 0) is 4.79 Å². The van der Waals surface area contributed by atoms with E-state index in [4.69, 9.17) is 0 Å². The lowest BCUT2D eigenvalue weighted by atomic mass is 10.0. The highest BCUT2D eigenvalue weighted by Crippen LogP contribution is 2.16. The fourth-order valence-electron chi connectivity index (χ4n) is 7.21. The van der Waals surface area contributed by atoms with Gasteiger partial charge in [0.1, 0.15) is 0 Å². The van der Waals surface area contributed by atoms with Crippen LogP contribution in [0.1, 0.15) is 239 Å². The summed E-state index contributed by atoms with van der Waals surface area (Å²) < 4.78 is 0. The van der Waals surface area contributed by atoms with Crippen LogP contribution in [0.5, 0.6) is 0 Å². The zero-order valence-electron chi connectivity index (χ0n) is 37.8. The molecule has 0 aromatic rings. The van der Waals surface area contributed by atoms with E-state index in [1.807, 2.05) is 6.08 Å². The van der Waals surface area contributed by atoms with Gasteiger partial charge in [0.15, 0.2) is 0 Å². The first kappa shape index (κ1) is 54.8. The van der Waals surface area contributed by atoms with Crippen molar-refractivity contribution in [3.63, 3.8) is 0 Å². The lowest BCUT2D eigenvalue weighted by Gasteiger charge is -2.20. The van der Waals surface area contributed by atoms with Gasteiger partial charge in [-0.25, -0.2) is 0 Å². The summed E-state index contributed by atoms with van der Waals surface area (Å²) in [5.41, 5.74) is 0. The van der Waals surface area contributed by atoms with Crippen molar-refractivity contribution < 1.29 is 15.0 Å². The first-order valence-corrected chi connectivity index (χ1v) is 24.7. The Balaban J connectivity index is 3.41. The number of aliphatic hydroxyl groups is 2. The summed E-state index contributed by atoms with van der Waals surface area (Å²) >= 11 is 0. The Labute approximate surface area is 355 Å². The maximum absolute atomic E-state index is 12.3. The minimum absolute atomic E-state index is 0.0667. The second-order valence-electron chi connectivity index (χ2n) is 16.5. The quantitative estimate of drug-likeness (QED) is 0.0425. The maximum Gasteiger partial charge on any atom is 0.220 e. The molecule has 0 heterocycles. The van der Waals surface area contributed by atoms with Crippen LogP contribution in [0.3, 0.4) is 0 Å². The predicted molar refractivity (Wildman–Crippen MR) is 253 cm³/mol. The van der Waals surface area contributed by atoms with E-state index in [1.165, 1.54) is 161 Å². The number of hydrogen-bond donors (Lipinski definition) is 3. The molecule has 2 unspecified atom stereocenters. The number of allylic oxidation sites excluding steroid dienone is 11. The molecule has 0 aromatic heterocycles. The molecule has 4 heteroatoms. The maximum atomic E-state index is 12.3. The van der Waals surface area contributed by atoms with Crippen LogP contribution in [0.15, 0.2) is 72.9 Å². The van der Waals surface area contributed by atoms with E-state index >= 15 is 0 Å². The monoisotopic (exact) mass is 794 g/mol. The van der Waals surface area contributed by atoms with Crippen molar-refractivity contribution >= 4 is 5.91 Å². The van der Waals surface area contributed by atoms with Crippen molar-refractivity contribution in [2.45, 2.75) is 251 Å². The van der Waals surface area contributed by atoms with Gasteiger partial charge in [-0.1, -0.05) is 241 Å². The molecule has 0 bridgehead atoms. The van der Waals surface area contributed by atoms with E-state index in [9.17, 15) is 15.0 Å². The van der Waals surface area contributed by atoms with Crippen LogP contribution < -0.4 is 5.32 Å². The summed E-state index contributed by atoms with van der Waals surface area (Å²) in [5, 5.41) is 22.9. The number of carbonyl (C=O) groups is 1. The smallest absolute Gasteiger partial charge is 0.220 e. The molecule has 0 saturated heterocycles. The molecule has 0 saturated carbocycles. The summed E-state index contributed by atoms with van der Waals surface area (Å²) in [6.45, 7) is 4.15. The van der Waals surface area contributed by atoms with Crippen LogP contribution in [-0.4, -0.2) is 34.9 Å². The molecule has 0 aliphatic carbocycles. The molecule has 4 nitrogen and oxygen atoms in total. The standard InChI is InChI=1S/C53H95NO3/c1-3-5-7-9-11-13-14-15-16-17-18-19-20-21-22-23-24-25-26-27-28-29-30-31-32-33-34-35-36-37-38-39-40-41-43-45-47-49-53(57)54-51(50-55)52(56)48-46-44-42-12-10-8-6-4-2/h5,7,11,13,15-16,18-19,21-22,46,48,51-52,55-56H,3-4,6,8-10,12,14,17,20,23-45,47,49-50H2,1-2H3,(H,54,57)/b7-5-,13-11-,16-15-,19-18-,22-21-,48-46+. The highest BCUT2D eigenvalue weighted by Gasteiger charge is 2.17. The van der Waals surface area contributed by atoms with Gasteiger partial charge in [0.25, 0.3) is 0 Å². The molecule has 57 heavy (non-hydrogen) atoms. The second-order valence-corrected chi connectivity index (χ2v) is 16.5. The highest BCUT2D eigenvalue weighted by molar-refractivity contribution is 5.76. The topological polar surface area (TPSA) is 69.6 Å². The van der Waals surface area contributed by atoms with Gasteiger partial charge in [0, 0.05) is 6.42 Å². The van der Waals surface area contributed by atoms with Gasteiger partial charge in [-0.15, -0.1) is 0 Å². The van der Waals surface area contributed by atoms with Gasteiger partial charge in [-0.2, -0.15) is 0 Å². The van der Waals surface area contributed by atoms with Gasteiger partial charge < -0.3 is 15.5 Å². The van der Waals surface area contributed by atoms with Gasteiger partial charge in [0.2, 0.25) is 5.91 Å². The fourth-order valence-corrected chi connectivity index (χ4v) is 7.21. The van der Waals surface area contributed by atoms with Crippen molar-refractivity contribution in [3.8, 4) is 0 Å². The molecular weight excluding hydrogens is 699 g/mol. The van der Waals surface area contributed by atoms with Crippen LogP contribution in [0, 0.1) is 0 Å². The normalized spacial score (nSPS) is 13.5. The molecule has 0 fully saturated rings. The van der Waals surface area contributed by atoms with Crippen molar-refractivity contribution in [1.29, 1.82) is 0 Å². The third kappa shape index (κ3) is 44.8. The van der Waals surface area contributed by atoms with E-state index < -0.39 is 12.1 Å². The van der Waals surface area contributed by atoms with Gasteiger partial charge in [-0.3, -0.25) is 4.79 Å². The molecule has 0 aliphatic rings. The third-order valence-electron chi connectivity index (χ3n) is 10.9. The molecule has 0 spiro atoms. The lowest BCUT2D eigenvalue weighted by molar-refractivity contribution is -0.123. The Bertz CT molecular complexity index is 992. The number of amides is 1. The number of rotatable bonds is 44. The Kier molecular flexibility index (Phi) is 46.4. The van der Waals surface area contributed by atoms with Crippen LogP contribution in [0.25, 0.3) is 0 Å². The van der Waals surface area contributed by atoms with Crippen molar-refractivity contribution in [1.82, 2.24) is 5.32 Å². The van der Waals surface area contributed by atoms with E-state index in [0.29, 0.717) is 6.42 Å². The lowest BCUT2D eigenvalue weighted by Crippen LogP contribution is -2.45. The van der Waals surface area contributed by atoms with Crippen LogP contribution >= 0.6 is 0 Å². The molecule has 0 rings (SSSR count). The average Bonchev–Trinajstić information content (AvgIpc) is 3.22. The molecule has 1 amide bonds. The van der Waals surface area contributed by atoms with Gasteiger partial charge in [-0.05, 0) is 64.2 Å². The second kappa shape index (κ2) is 48.2. The number of unbranched alkanes of at least 4 members (excludes halogenated alkanes) is 27. The average molecular weight is 794 g/mol. The van der Waals surface area contributed by atoms with E-state index in [1.54, 1.807) is 6.08 Å². The number of nitrogens with one attached hydrogen (secondary N) is 1. The van der Waals surface area contributed by atoms with Crippen LogP contribution in [0.2, 0.25) is 0 Å². The highest BCUT2D eigenvalue weighted by atomic mass is 16.3. The van der Waals surface area contributed by atoms with Crippen molar-refractivity contribution in [2.24, 2.45) is 0 Å². The predicted octanol–water partition coefficient (Wildman–Crippen LogP) is 15.9. The Morgan fingerprint density at radius 1 is 0.439 bits per heavy atom. The minimum Gasteiger partial charge on any atom is -0.394 e. The number of hydrogen-bond acceptors (Lipinski definition) is 3. The fraction of sp³-hybridized carbons (Fsp3) is 0.755. The molecule has 0 aromatic carbocycles. The number of carbonyl (C=O) groups excluding carboxylic acids is 1. The van der Waals surface area contributed by atoms with E-state index in [0.717, 1.165) is 57.8 Å². The van der Waals surface area contributed by atoms with Crippen molar-refractivity contribution in [2.75, 3.05) is 6.61 Å². The largest absolute Gasteiger partial charge is 0.394 e. The Morgan fingerprint density at radius 3 is 1.16 bits per heavy atom. The first-order valence-electron chi connectivity index (χ1n) is 24.7. The summed E-state index contributed by atoms with van der Waals surface area (Å²) in [6.07, 6.45) is 69.2. The summed E-state index contributed by atoms with van der Waals surface area (Å²) in [4.78, 5) is 12.3. The summed E-state index contributed by atoms with van der Waals surface area (Å²) in [6, 6.07) is -0.619. The zero-order valence-corrected chi connectivity index (χ0v) is 37.8. The summed E-state index contributed by atoms with van der Waals surface area (Å²) in [7, 11) is 0. The Hall–Kier alpha value is -2.17. The van der Waals surface area contributed by atoms with Gasteiger partial charge >= 0.3 is 0 Å². The molecule has 0 radical (unpaired) electrons. The molecule has 2 atom stereocenters. The SMILES string of the molecule is CC/C=C\C/C=C\C/C=C\C/C=C\C/C=C\CCCCCCCCCCCCCCCCCCCCCCCC(=O)NC(CO)C(O)/C=C/CCCCCCCC. The van der Waals surface area contributed by atoms with E-state index in [2.05, 4.69) is 79.9 Å². The molecule has 3 N–H and O–H groups in total. The Morgan fingerprint density at radius 2 is 0.772 bits per heavy atom. The zero-order chi connectivity index (χ0) is 41.4.